The number of carbonyl (C=O) groups excluding carboxylic acids is 1. The topological polar surface area (TPSA) is 71.3 Å². The van der Waals surface area contributed by atoms with Gasteiger partial charge in [-0.05, 0) is 43.2 Å². The molecule has 2 aromatic carbocycles. The molecule has 0 heterocycles. The zero-order chi connectivity index (χ0) is 19.1. The molecule has 0 saturated heterocycles. The van der Waals surface area contributed by atoms with E-state index >= 15 is 0 Å². The Labute approximate surface area is 151 Å². The number of halogens is 1. The number of ether oxygens (including phenoxy) is 2. The number of methoxy groups -OCH3 is 1. The molecule has 0 atom stereocenters. The summed E-state index contributed by atoms with van der Waals surface area (Å²) in [5, 5.41) is 11.5. The van der Waals surface area contributed by atoms with Gasteiger partial charge in [-0.15, -0.1) is 6.58 Å². The summed E-state index contributed by atoms with van der Waals surface area (Å²) in [5.41, 5.74) is 1.63. The van der Waals surface area contributed by atoms with Gasteiger partial charge in [0.25, 0.3) is 5.91 Å². The minimum absolute atomic E-state index is 0.129. The molecule has 1 amide bonds. The molecular weight excluding hydrogens is 335 g/mol. The third-order valence-corrected chi connectivity index (χ3v) is 3.71. The molecule has 0 radical (unpaired) electrons. The summed E-state index contributed by atoms with van der Waals surface area (Å²) < 4.78 is 24.5. The van der Waals surface area contributed by atoms with E-state index in [2.05, 4.69) is 11.9 Å². The van der Waals surface area contributed by atoms with E-state index in [0.29, 0.717) is 17.9 Å². The standard InChI is InChI=1S/C20H19FN2O3/c1-4-5-14-6-7-18(19(10-14)25-3)26-12-20(24)23-17-9-15(11-22)8-16(21)13(17)2/h4,6-10H,1,5,12H2,2-3H3,(H,23,24). The van der Waals surface area contributed by atoms with E-state index in [-0.39, 0.29) is 23.4 Å². The zero-order valence-electron chi connectivity index (χ0n) is 14.6. The molecule has 26 heavy (non-hydrogen) atoms. The van der Waals surface area contributed by atoms with Crippen molar-refractivity contribution in [2.45, 2.75) is 13.3 Å². The molecule has 0 spiro atoms. The van der Waals surface area contributed by atoms with Crippen LogP contribution >= 0.6 is 0 Å². The fourth-order valence-electron chi connectivity index (χ4n) is 2.33. The van der Waals surface area contributed by atoms with Gasteiger partial charge in [0.15, 0.2) is 18.1 Å². The van der Waals surface area contributed by atoms with Crippen LogP contribution in [0.4, 0.5) is 10.1 Å². The Hall–Kier alpha value is -3.33. The van der Waals surface area contributed by atoms with E-state index in [1.807, 2.05) is 18.2 Å². The highest BCUT2D eigenvalue weighted by Gasteiger charge is 2.12. The van der Waals surface area contributed by atoms with Crippen molar-refractivity contribution in [2.24, 2.45) is 0 Å². The van der Waals surface area contributed by atoms with Crippen LogP contribution in [0.15, 0.2) is 43.0 Å². The predicted octanol–water partition coefficient (Wildman–Crippen LogP) is 3.76. The lowest BCUT2D eigenvalue weighted by molar-refractivity contribution is -0.118. The second-order valence-electron chi connectivity index (χ2n) is 5.56. The Morgan fingerprint density at radius 3 is 2.77 bits per heavy atom. The van der Waals surface area contributed by atoms with Crippen LogP contribution in [-0.4, -0.2) is 19.6 Å². The molecule has 0 bridgehead atoms. The molecule has 2 rings (SSSR count). The summed E-state index contributed by atoms with van der Waals surface area (Å²) in [5.74, 6) is -0.102. The number of nitrogens with one attached hydrogen (secondary N) is 1. The highest BCUT2D eigenvalue weighted by Crippen LogP contribution is 2.28. The second kappa shape index (κ2) is 8.67. The van der Waals surface area contributed by atoms with E-state index in [1.54, 1.807) is 12.1 Å². The maximum atomic E-state index is 13.8. The first kappa shape index (κ1) is 19.0. The fraction of sp³-hybridized carbons (Fsp3) is 0.200. The van der Waals surface area contributed by atoms with Crippen LogP contribution in [0.25, 0.3) is 0 Å². The van der Waals surface area contributed by atoms with Gasteiger partial charge >= 0.3 is 0 Å². The summed E-state index contributed by atoms with van der Waals surface area (Å²) in [6.07, 6.45) is 2.47. The van der Waals surface area contributed by atoms with Gasteiger partial charge in [-0.1, -0.05) is 12.1 Å². The van der Waals surface area contributed by atoms with Crippen molar-refractivity contribution in [2.75, 3.05) is 19.0 Å². The molecule has 0 unspecified atom stereocenters. The highest BCUT2D eigenvalue weighted by molar-refractivity contribution is 5.92. The molecule has 0 aliphatic heterocycles. The van der Waals surface area contributed by atoms with Gasteiger partial charge in [0.2, 0.25) is 0 Å². The molecule has 134 valence electrons. The predicted molar refractivity (Wildman–Crippen MR) is 96.9 cm³/mol. The van der Waals surface area contributed by atoms with Crippen LogP contribution in [-0.2, 0) is 11.2 Å². The molecule has 1 N–H and O–H groups in total. The molecular formula is C20H19FN2O3. The number of allylic oxidation sites excluding steroid dienone is 1. The summed E-state index contributed by atoms with van der Waals surface area (Å²) in [6.45, 7) is 4.93. The van der Waals surface area contributed by atoms with Crippen molar-refractivity contribution in [1.82, 2.24) is 0 Å². The van der Waals surface area contributed by atoms with Gasteiger partial charge in [0, 0.05) is 11.3 Å². The summed E-state index contributed by atoms with van der Waals surface area (Å²) in [6, 6.07) is 9.77. The SMILES string of the molecule is C=CCc1ccc(OCC(=O)Nc2cc(C#N)cc(F)c2C)c(OC)c1. The van der Waals surface area contributed by atoms with E-state index in [4.69, 9.17) is 14.7 Å². The molecule has 0 aliphatic carbocycles. The molecule has 5 nitrogen and oxygen atoms in total. The molecule has 0 aliphatic rings. The third-order valence-electron chi connectivity index (χ3n) is 3.71. The highest BCUT2D eigenvalue weighted by atomic mass is 19.1. The summed E-state index contributed by atoms with van der Waals surface area (Å²) in [7, 11) is 1.51. The Morgan fingerprint density at radius 1 is 1.35 bits per heavy atom. The smallest absolute Gasteiger partial charge is 0.262 e. The monoisotopic (exact) mass is 354 g/mol. The van der Waals surface area contributed by atoms with Crippen LogP contribution < -0.4 is 14.8 Å². The van der Waals surface area contributed by atoms with Crippen LogP contribution in [0.5, 0.6) is 11.5 Å². The van der Waals surface area contributed by atoms with Crippen molar-refractivity contribution in [3.63, 3.8) is 0 Å². The lowest BCUT2D eigenvalue weighted by Crippen LogP contribution is -2.21. The fourth-order valence-corrected chi connectivity index (χ4v) is 2.33. The third kappa shape index (κ3) is 4.61. The number of amides is 1. The van der Waals surface area contributed by atoms with E-state index in [9.17, 15) is 9.18 Å². The van der Waals surface area contributed by atoms with Gasteiger partial charge < -0.3 is 14.8 Å². The maximum Gasteiger partial charge on any atom is 0.262 e. The average molecular weight is 354 g/mol. The Morgan fingerprint density at radius 2 is 2.12 bits per heavy atom. The van der Waals surface area contributed by atoms with Gasteiger partial charge in [-0.25, -0.2) is 4.39 Å². The van der Waals surface area contributed by atoms with Crippen molar-refractivity contribution in [3.05, 3.63) is 65.5 Å². The van der Waals surface area contributed by atoms with Crippen LogP contribution in [0.1, 0.15) is 16.7 Å². The number of benzene rings is 2. The van der Waals surface area contributed by atoms with Crippen LogP contribution in [0.3, 0.4) is 0 Å². The van der Waals surface area contributed by atoms with Crippen LogP contribution in [0.2, 0.25) is 0 Å². The average Bonchev–Trinajstić information content (AvgIpc) is 2.64. The van der Waals surface area contributed by atoms with Crippen molar-refractivity contribution in [3.8, 4) is 17.6 Å². The number of anilines is 1. The number of nitrogens with zero attached hydrogens (tertiary/aromatic N) is 1. The Balaban J connectivity index is 2.07. The molecule has 0 aromatic heterocycles. The minimum Gasteiger partial charge on any atom is -0.493 e. The van der Waals surface area contributed by atoms with E-state index < -0.39 is 11.7 Å². The lowest BCUT2D eigenvalue weighted by atomic mass is 10.1. The number of nitriles is 1. The van der Waals surface area contributed by atoms with E-state index in [0.717, 1.165) is 11.6 Å². The van der Waals surface area contributed by atoms with Gasteiger partial charge in [-0.3, -0.25) is 4.79 Å². The number of hydrogen-bond donors (Lipinski definition) is 1. The minimum atomic E-state index is -0.556. The first-order valence-corrected chi connectivity index (χ1v) is 7.89. The number of rotatable bonds is 7. The lowest BCUT2D eigenvalue weighted by Gasteiger charge is -2.13. The zero-order valence-corrected chi connectivity index (χ0v) is 14.6. The quantitative estimate of drug-likeness (QED) is 0.769. The molecule has 0 saturated carbocycles. The first-order chi connectivity index (χ1) is 12.5. The summed E-state index contributed by atoms with van der Waals surface area (Å²) in [4.78, 5) is 12.1. The van der Waals surface area contributed by atoms with E-state index in [1.165, 1.54) is 20.1 Å². The summed E-state index contributed by atoms with van der Waals surface area (Å²) >= 11 is 0. The molecule has 0 fully saturated rings. The van der Waals surface area contributed by atoms with Crippen LogP contribution in [0, 0.1) is 24.1 Å². The molecule has 2 aromatic rings. The van der Waals surface area contributed by atoms with Crippen molar-refractivity contribution >= 4 is 11.6 Å². The Kier molecular flexibility index (Phi) is 6.34. The Bertz CT molecular complexity index is 872. The largest absolute Gasteiger partial charge is 0.493 e. The normalized spacial score (nSPS) is 9.92. The van der Waals surface area contributed by atoms with Gasteiger partial charge in [-0.2, -0.15) is 5.26 Å². The van der Waals surface area contributed by atoms with Gasteiger partial charge in [0.1, 0.15) is 5.82 Å². The molecule has 6 heteroatoms. The number of hydrogen-bond acceptors (Lipinski definition) is 4. The maximum absolute atomic E-state index is 13.8. The second-order valence-corrected chi connectivity index (χ2v) is 5.56. The first-order valence-electron chi connectivity index (χ1n) is 7.89. The van der Waals surface area contributed by atoms with Crippen molar-refractivity contribution in [1.29, 1.82) is 5.26 Å². The van der Waals surface area contributed by atoms with Crippen molar-refractivity contribution < 1.29 is 18.7 Å². The number of carbonyl (C=O) groups is 1. The van der Waals surface area contributed by atoms with Gasteiger partial charge in [0.05, 0.1) is 18.7 Å².